The van der Waals surface area contributed by atoms with Crippen molar-refractivity contribution < 1.29 is 4.74 Å². The zero-order valence-electron chi connectivity index (χ0n) is 6.13. The SMILES string of the molecule is CC1(N)CC(C#N)CCO1. The van der Waals surface area contributed by atoms with Crippen LogP contribution >= 0.6 is 0 Å². The van der Waals surface area contributed by atoms with Crippen LogP contribution in [0.2, 0.25) is 0 Å². The number of nitriles is 1. The van der Waals surface area contributed by atoms with E-state index in [0.717, 1.165) is 6.42 Å². The molecule has 0 saturated carbocycles. The molecule has 1 rings (SSSR count). The lowest BCUT2D eigenvalue weighted by Gasteiger charge is -2.32. The Bertz CT molecular complexity index is 159. The summed E-state index contributed by atoms with van der Waals surface area (Å²) in [5, 5.41) is 8.56. The lowest BCUT2D eigenvalue weighted by molar-refractivity contribution is -0.0721. The van der Waals surface area contributed by atoms with Gasteiger partial charge in [0.15, 0.2) is 0 Å². The predicted octanol–water partition coefficient (Wildman–Crippen LogP) is 0.611. The van der Waals surface area contributed by atoms with Gasteiger partial charge in [-0.05, 0) is 13.3 Å². The van der Waals surface area contributed by atoms with Crippen molar-refractivity contribution in [2.45, 2.75) is 25.5 Å². The molecule has 3 heteroatoms. The van der Waals surface area contributed by atoms with Gasteiger partial charge in [-0.15, -0.1) is 0 Å². The second-order valence-electron chi connectivity index (χ2n) is 2.98. The third-order valence-electron chi connectivity index (χ3n) is 1.73. The molecule has 0 aromatic heterocycles. The first-order chi connectivity index (χ1) is 4.64. The van der Waals surface area contributed by atoms with E-state index in [-0.39, 0.29) is 5.92 Å². The summed E-state index contributed by atoms with van der Waals surface area (Å²) in [5.74, 6) is 0.0868. The molecule has 2 atom stereocenters. The lowest BCUT2D eigenvalue weighted by Crippen LogP contribution is -2.44. The van der Waals surface area contributed by atoms with Gasteiger partial charge >= 0.3 is 0 Å². The van der Waals surface area contributed by atoms with Gasteiger partial charge in [0.25, 0.3) is 0 Å². The van der Waals surface area contributed by atoms with Crippen LogP contribution in [0.5, 0.6) is 0 Å². The Morgan fingerprint density at radius 3 is 2.90 bits per heavy atom. The summed E-state index contributed by atoms with van der Waals surface area (Å²) in [6.45, 7) is 2.43. The summed E-state index contributed by atoms with van der Waals surface area (Å²) in [4.78, 5) is 0. The van der Waals surface area contributed by atoms with Gasteiger partial charge in [-0.25, -0.2) is 0 Å². The highest BCUT2D eigenvalue weighted by atomic mass is 16.5. The number of nitrogens with two attached hydrogens (primary N) is 1. The number of rotatable bonds is 0. The van der Waals surface area contributed by atoms with Crippen LogP contribution in [0.25, 0.3) is 0 Å². The topological polar surface area (TPSA) is 59.0 Å². The molecule has 3 nitrogen and oxygen atoms in total. The second kappa shape index (κ2) is 2.57. The molecule has 1 aliphatic heterocycles. The zero-order chi connectivity index (χ0) is 7.61. The standard InChI is InChI=1S/C7H12N2O/c1-7(9)4-6(5-8)2-3-10-7/h6H,2-4,9H2,1H3. The Balaban J connectivity index is 2.49. The van der Waals surface area contributed by atoms with E-state index >= 15 is 0 Å². The van der Waals surface area contributed by atoms with E-state index in [1.807, 2.05) is 6.92 Å². The summed E-state index contributed by atoms with van der Waals surface area (Å²) >= 11 is 0. The maximum atomic E-state index is 8.56. The minimum Gasteiger partial charge on any atom is -0.361 e. The van der Waals surface area contributed by atoms with E-state index < -0.39 is 5.72 Å². The maximum absolute atomic E-state index is 8.56. The summed E-state index contributed by atoms with van der Waals surface area (Å²) in [6, 6.07) is 2.20. The Labute approximate surface area is 60.8 Å². The first-order valence-electron chi connectivity index (χ1n) is 3.46. The number of ether oxygens (including phenoxy) is 1. The smallest absolute Gasteiger partial charge is 0.115 e. The Hall–Kier alpha value is -0.590. The van der Waals surface area contributed by atoms with E-state index in [2.05, 4.69) is 6.07 Å². The molecule has 0 amide bonds. The van der Waals surface area contributed by atoms with Crippen molar-refractivity contribution in [1.82, 2.24) is 0 Å². The predicted molar refractivity (Wildman–Crippen MR) is 36.9 cm³/mol. The van der Waals surface area contributed by atoms with Crippen LogP contribution in [0, 0.1) is 17.2 Å². The molecule has 0 bridgehead atoms. The third-order valence-corrected chi connectivity index (χ3v) is 1.73. The number of hydrogen-bond donors (Lipinski definition) is 1. The third kappa shape index (κ3) is 1.69. The van der Waals surface area contributed by atoms with Crippen LogP contribution in [0.4, 0.5) is 0 Å². The Kier molecular flexibility index (Phi) is 1.93. The first-order valence-corrected chi connectivity index (χ1v) is 3.46. The fourth-order valence-corrected chi connectivity index (χ4v) is 1.19. The molecular weight excluding hydrogens is 128 g/mol. The summed E-state index contributed by atoms with van der Waals surface area (Å²) in [5.41, 5.74) is 5.10. The highest BCUT2D eigenvalue weighted by Crippen LogP contribution is 2.23. The molecule has 2 unspecified atom stereocenters. The van der Waals surface area contributed by atoms with Gasteiger partial charge in [0.05, 0.1) is 18.6 Å². The van der Waals surface area contributed by atoms with Crippen LogP contribution in [-0.2, 0) is 4.74 Å². The fraction of sp³-hybridized carbons (Fsp3) is 0.857. The van der Waals surface area contributed by atoms with Crippen LogP contribution in [0.1, 0.15) is 19.8 Å². The molecule has 0 aromatic carbocycles. The molecular formula is C7H12N2O. The molecule has 1 heterocycles. The largest absolute Gasteiger partial charge is 0.361 e. The van der Waals surface area contributed by atoms with E-state index in [0.29, 0.717) is 13.0 Å². The monoisotopic (exact) mass is 140 g/mol. The molecule has 1 fully saturated rings. The molecule has 0 aliphatic carbocycles. The zero-order valence-corrected chi connectivity index (χ0v) is 6.13. The van der Waals surface area contributed by atoms with Crippen molar-refractivity contribution in [3.05, 3.63) is 0 Å². The Morgan fingerprint density at radius 2 is 2.50 bits per heavy atom. The van der Waals surface area contributed by atoms with E-state index in [1.165, 1.54) is 0 Å². The van der Waals surface area contributed by atoms with Crippen molar-refractivity contribution in [2.75, 3.05) is 6.61 Å². The van der Waals surface area contributed by atoms with Crippen molar-refractivity contribution in [3.8, 4) is 6.07 Å². The lowest BCUT2D eigenvalue weighted by atomic mass is 9.94. The molecule has 2 N–H and O–H groups in total. The second-order valence-corrected chi connectivity index (χ2v) is 2.98. The molecule has 1 aliphatic rings. The Morgan fingerprint density at radius 1 is 1.80 bits per heavy atom. The minimum atomic E-state index is -0.571. The van der Waals surface area contributed by atoms with Crippen molar-refractivity contribution in [1.29, 1.82) is 5.26 Å². The van der Waals surface area contributed by atoms with Crippen molar-refractivity contribution in [2.24, 2.45) is 11.7 Å². The molecule has 56 valence electrons. The molecule has 0 radical (unpaired) electrons. The average Bonchev–Trinajstić information content (AvgIpc) is 1.86. The van der Waals surface area contributed by atoms with Gasteiger partial charge in [0, 0.05) is 6.42 Å². The minimum absolute atomic E-state index is 0.0868. The normalized spacial score (nSPS) is 40.7. The van der Waals surface area contributed by atoms with Crippen LogP contribution < -0.4 is 5.73 Å². The van der Waals surface area contributed by atoms with Gasteiger partial charge in [-0.2, -0.15) is 5.26 Å². The van der Waals surface area contributed by atoms with Gasteiger partial charge in [0.2, 0.25) is 0 Å². The van der Waals surface area contributed by atoms with E-state index in [1.54, 1.807) is 0 Å². The molecule has 0 spiro atoms. The van der Waals surface area contributed by atoms with Crippen molar-refractivity contribution in [3.63, 3.8) is 0 Å². The highest BCUT2D eigenvalue weighted by Gasteiger charge is 2.28. The van der Waals surface area contributed by atoms with Crippen LogP contribution in [0.15, 0.2) is 0 Å². The average molecular weight is 140 g/mol. The molecule has 10 heavy (non-hydrogen) atoms. The van der Waals surface area contributed by atoms with Gasteiger partial charge < -0.3 is 10.5 Å². The first kappa shape index (κ1) is 7.52. The number of nitrogens with zero attached hydrogens (tertiary/aromatic N) is 1. The van der Waals surface area contributed by atoms with E-state index in [4.69, 9.17) is 15.7 Å². The molecule has 0 aromatic rings. The van der Waals surface area contributed by atoms with Gasteiger partial charge in [-0.1, -0.05) is 0 Å². The van der Waals surface area contributed by atoms with Gasteiger partial charge in [0.1, 0.15) is 5.72 Å². The quantitative estimate of drug-likeness (QED) is 0.536. The van der Waals surface area contributed by atoms with Crippen molar-refractivity contribution >= 4 is 0 Å². The molecule has 1 saturated heterocycles. The summed E-state index contributed by atoms with van der Waals surface area (Å²) < 4.78 is 5.22. The number of hydrogen-bond acceptors (Lipinski definition) is 3. The van der Waals surface area contributed by atoms with Crippen LogP contribution in [0.3, 0.4) is 0 Å². The van der Waals surface area contributed by atoms with Gasteiger partial charge in [-0.3, -0.25) is 0 Å². The maximum Gasteiger partial charge on any atom is 0.115 e. The summed E-state index contributed by atoms with van der Waals surface area (Å²) in [7, 11) is 0. The van der Waals surface area contributed by atoms with E-state index in [9.17, 15) is 0 Å². The highest BCUT2D eigenvalue weighted by molar-refractivity contribution is 4.90. The van der Waals surface area contributed by atoms with Crippen LogP contribution in [-0.4, -0.2) is 12.3 Å². The fourth-order valence-electron chi connectivity index (χ4n) is 1.19. The summed E-state index contributed by atoms with van der Waals surface area (Å²) in [6.07, 6.45) is 1.48.